The number of nitrogens with one attached hydrogen (secondary N) is 1. The molecule has 1 aromatic heterocycles. The predicted octanol–water partition coefficient (Wildman–Crippen LogP) is 4.09. The van der Waals surface area contributed by atoms with Crippen LogP contribution in [0, 0.1) is 11.3 Å². The second-order valence-electron chi connectivity index (χ2n) is 6.35. The molecule has 1 aliphatic carbocycles. The highest BCUT2D eigenvalue weighted by molar-refractivity contribution is 6.30. The van der Waals surface area contributed by atoms with Crippen LogP contribution in [0.15, 0.2) is 36.5 Å². The van der Waals surface area contributed by atoms with Crippen LogP contribution >= 0.6 is 11.6 Å². The van der Waals surface area contributed by atoms with E-state index < -0.39 is 11.6 Å². The van der Waals surface area contributed by atoms with Gasteiger partial charge in [-0.3, -0.25) is 0 Å². The predicted molar refractivity (Wildman–Crippen MR) is 96.3 cm³/mol. The number of ether oxygens (including phenoxy) is 1. The number of amides is 1. The van der Waals surface area contributed by atoms with Crippen LogP contribution in [0.2, 0.25) is 5.02 Å². The van der Waals surface area contributed by atoms with Crippen molar-refractivity contribution in [3.05, 3.63) is 58.6 Å². The van der Waals surface area contributed by atoms with E-state index in [1.807, 2.05) is 18.2 Å². The third-order valence-corrected chi connectivity index (χ3v) is 4.83. The summed E-state index contributed by atoms with van der Waals surface area (Å²) in [5, 5.41) is 12.7. The summed E-state index contributed by atoms with van der Waals surface area (Å²) < 4.78 is 5.37. The number of benzene rings is 1. The summed E-state index contributed by atoms with van der Waals surface area (Å²) >= 11 is 5.86. The summed E-state index contributed by atoms with van der Waals surface area (Å²) in [6, 6.07) is 10.8. The van der Waals surface area contributed by atoms with Gasteiger partial charge in [-0.1, -0.05) is 43.0 Å². The van der Waals surface area contributed by atoms with Gasteiger partial charge < -0.3 is 10.1 Å². The molecule has 0 radical (unpaired) electrons. The van der Waals surface area contributed by atoms with Crippen molar-refractivity contribution < 1.29 is 9.53 Å². The number of carbonyl (C=O) groups is 1. The molecule has 26 heavy (non-hydrogen) atoms. The molecule has 0 unspecified atom stereocenters. The molecule has 1 heterocycles. The molecule has 6 nitrogen and oxygen atoms in total. The minimum absolute atomic E-state index is 0.101. The summed E-state index contributed by atoms with van der Waals surface area (Å²) in [5.41, 5.74) is 0.896. The first kappa shape index (κ1) is 18.2. The fourth-order valence-electron chi connectivity index (χ4n) is 3.24. The molecule has 0 spiro atoms. The number of carbonyl (C=O) groups excluding carboxylic acids is 1. The van der Waals surface area contributed by atoms with E-state index in [4.69, 9.17) is 21.6 Å². The number of hydrogen-bond donors (Lipinski definition) is 1. The topological polar surface area (TPSA) is 87.9 Å². The van der Waals surface area contributed by atoms with Crippen molar-refractivity contribution in [2.45, 2.75) is 44.2 Å². The van der Waals surface area contributed by atoms with Gasteiger partial charge in [0.05, 0.1) is 11.2 Å². The molecule has 1 aromatic carbocycles. The van der Waals surface area contributed by atoms with Crippen molar-refractivity contribution >= 4 is 17.7 Å². The summed E-state index contributed by atoms with van der Waals surface area (Å²) in [6.07, 6.45) is 5.62. The number of rotatable bonds is 4. The van der Waals surface area contributed by atoms with E-state index in [2.05, 4.69) is 15.3 Å². The van der Waals surface area contributed by atoms with E-state index in [1.165, 1.54) is 0 Å². The van der Waals surface area contributed by atoms with Gasteiger partial charge in [-0.2, -0.15) is 5.26 Å². The van der Waals surface area contributed by atoms with Crippen LogP contribution in [0.1, 0.15) is 49.2 Å². The first-order valence-electron chi connectivity index (χ1n) is 8.54. The van der Waals surface area contributed by atoms with Gasteiger partial charge in [0.25, 0.3) is 0 Å². The molecule has 1 amide bonds. The van der Waals surface area contributed by atoms with E-state index in [0.29, 0.717) is 10.7 Å². The Balaban J connectivity index is 1.72. The smallest absolute Gasteiger partial charge is 0.408 e. The fourth-order valence-corrected chi connectivity index (χ4v) is 3.37. The number of hydrogen-bond acceptors (Lipinski definition) is 5. The van der Waals surface area contributed by atoms with Gasteiger partial charge in [-0.15, -0.1) is 0 Å². The van der Waals surface area contributed by atoms with Gasteiger partial charge in [0, 0.05) is 11.2 Å². The molecule has 2 aromatic rings. The Labute approximate surface area is 157 Å². The van der Waals surface area contributed by atoms with Gasteiger partial charge in [-0.05, 0) is 36.6 Å². The number of nitriles is 1. The SMILES string of the molecule is N#Cc1nccc(C2(NC(=O)OCc3ccc(Cl)cc3)CCCCC2)n1. The minimum atomic E-state index is -0.621. The van der Waals surface area contributed by atoms with Crippen LogP contribution in [0.3, 0.4) is 0 Å². The van der Waals surface area contributed by atoms with Gasteiger partial charge >= 0.3 is 6.09 Å². The van der Waals surface area contributed by atoms with Crippen molar-refractivity contribution in [1.29, 1.82) is 5.26 Å². The lowest BCUT2D eigenvalue weighted by Gasteiger charge is -2.37. The molecule has 1 fully saturated rings. The van der Waals surface area contributed by atoms with Crippen molar-refractivity contribution in [2.75, 3.05) is 0 Å². The number of aromatic nitrogens is 2. The molecule has 0 aliphatic heterocycles. The Hall–Kier alpha value is -2.65. The summed E-state index contributed by atoms with van der Waals surface area (Å²) in [6.45, 7) is 0.159. The molecule has 134 valence electrons. The lowest BCUT2D eigenvalue weighted by molar-refractivity contribution is 0.116. The molecule has 0 saturated heterocycles. The molecule has 0 atom stereocenters. The first-order valence-corrected chi connectivity index (χ1v) is 8.92. The second kappa shape index (κ2) is 8.15. The highest BCUT2D eigenvalue weighted by Crippen LogP contribution is 2.36. The molecule has 1 aliphatic rings. The van der Waals surface area contributed by atoms with Crippen molar-refractivity contribution in [2.24, 2.45) is 0 Å². The molecule has 0 bridgehead atoms. The summed E-state index contributed by atoms with van der Waals surface area (Å²) in [7, 11) is 0. The van der Waals surface area contributed by atoms with Crippen LogP contribution in [0.25, 0.3) is 0 Å². The number of nitrogens with zero attached hydrogens (tertiary/aromatic N) is 3. The molecular formula is C19H19ClN4O2. The first-order chi connectivity index (χ1) is 12.6. The molecular weight excluding hydrogens is 352 g/mol. The molecule has 1 N–H and O–H groups in total. The van der Waals surface area contributed by atoms with Crippen molar-refractivity contribution in [3.63, 3.8) is 0 Å². The Kier molecular flexibility index (Phi) is 5.69. The molecule has 7 heteroatoms. The van der Waals surface area contributed by atoms with Crippen LogP contribution < -0.4 is 5.32 Å². The second-order valence-corrected chi connectivity index (χ2v) is 6.78. The van der Waals surface area contributed by atoms with Crippen molar-refractivity contribution in [1.82, 2.24) is 15.3 Å². The molecule has 3 rings (SSSR count). The number of halogens is 1. The number of alkyl carbamates (subject to hydrolysis) is 1. The Morgan fingerprint density at radius 3 is 2.65 bits per heavy atom. The van der Waals surface area contributed by atoms with Gasteiger partial charge in [0.2, 0.25) is 5.82 Å². The third kappa shape index (κ3) is 4.30. The zero-order chi connectivity index (χ0) is 18.4. The largest absolute Gasteiger partial charge is 0.445 e. The Morgan fingerprint density at radius 2 is 1.96 bits per heavy atom. The van der Waals surface area contributed by atoms with Gasteiger partial charge in [0.15, 0.2) is 0 Å². The van der Waals surface area contributed by atoms with Crippen LogP contribution in [-0.2, 0) is 16.9 Å². The van der Waals surface area contributed by atoms with E-state index in [1.54, 1.807) is 24.4 Å². The molecule has 1 saturated carbocycles. The summed E-state index contributed by atoms with van der Waals surface area (Å²) in [5.74, 6) is 0.101. The zero-order valence-electron chi connectivity index (χ0n) is 14.2. The lowest BCUT2D eigenvalue weighted by atomic mass is 9.79. The monoisotopic (exact) mass is 370 g/mol. The van der Waals surface area contributed by atoms with E-state index >= 15 is 0 Å². The average molecular weight is 371 g/mol. The minimum Gasteiger partial charge on any atom is -0.445 e. The highest BCUT2D eigenvalue weighted by atomic mass is 35.5. The lowest BCUT2D eigenvalue weighted by Crippen LogP contribution is -2.48. The standard InChI is InChI=1S/C19H19ClN4O2/c20-15-6-4-14(5-7-15)13-26-18(25)24-19(9-2-1-3-10-19)16-8-11-22-17(12-21)23-16/h4-8,11H,1-3,9-10,13H2,(H,24,25). The normalized spacial score (nSPS) is 15.7. The zero-order valence-corrected chi connectivity index (χ0v) is 15.0. The maximum atomic E-state index is 12.4. The average Bonchev–Trinajstić information content (AvgIpc) is 2.68. The van der Waals surface area contributed by atoms with Crippen LogP contribution in [0.5, 0.6) is 0 Å². The Morgan fingerprint density at radius 1 is 1.23 bits per heavy atom. The fraction of sp³-hybridized carbons (Fsp3) is 0.368. The van der Waals surface area contributed by atoms with Crippen molar-refractivity contribution in [3.8, 4) is 6.07 Å². The maximum Gasteiger partial charge on any atom is 0.408 e. The van der Waals surface area contributed by atoms with Gasteiger partial charge in [-0.25, -0.2) is 14.8 Å². The third-order valence-electron chi connectivity index (χ3n) is 4.58. The van der Waals surface area contributed by atoms with E-state index in [0.717, 1.165) is 37.7 Å². The quantitative estimate of drug-likeness (QED) is 0.875. The van der Waals surface area contributed by atoms with E-state index in [9.17, 15) is 4.79 Å². The van der Waals surface area contributed by atoms with Crippen LogP contribution in [-0.4, -0.2) is 16.1 Å². The van der Waals surface area contributed by atoms with Crippen LogP contribution in [0.4, 0.5) is 4.79 Å². The maximum absolute atomic E-state index is 12.4. The highest BCUT2D eigenvalue weighted by Gasteiger charge is 2.37. The van der Waals surface area contributed by atoms with Gasteiger partial charge in [0.1, 0.15) is 12.7 Å². The Bertz CT molecular complexity index is 811. The summed E-state index contributed by atoms with van der Waals surface area (Å²) in [4.78, 5) is 20.6. The van der Waals surface area contributed by atoms with E-state index in [-0.39, 0.29) is 12.4 Å².